The van der Waals surface area contributed by atoms with Crippen LogP contribution in [0.5, 0.6) is 0 Å². The summed E-state index contributed by atoms with van der Waals surface area (Å²) in [6, 6.07) is 0. The molecule has 0 aliphatic heterocycles. The van der Waals surface area contributed by atoms with Gasteiger partial charge in [0.25, 0.3) is 0 Å². The van der Waals surface area contributed by atoms with Crippen molar-refractivity contribution in [1.29, 1.82) is 0 Å². The zero-order valence-electron chi connectivity index (χ0n) is 52.5. The Kier molecular flexibility index (Phi) is 65.1. The van der Waals surface area contributed by atoms with Gasteiger partial charge < -0.3 is 14.2 Å². The van der Waals surface area contributed by atoms with Gasteiger partial charge in [-0.25, -0.2) is 0 Å². The van der Waals surface area contributed by atoms with Crippen molar-refractivity contribution in [2.24, 2.45) is 0 Å². The standard InChI is InChI=1S/C71H136O6/c1-4-7-10-13-16-19-22-24-26-28-30-32-34-35-36-37-38-40-41-43-45-47-49-52-55-58-61-64-70(73)76-67-68(66-75-69(72)63-60-57-54-51-21-18-15-12-9-6-3)77-71(74)65-62-59-56-53-50-48-46-44-42-39-33-31-29-27-25-23-20-17-14-11-8-5-2/h12,15,68H,4-11,13-14,16-67H2,1-3H3/b15-12-. The van der Waals surface area contributed by atoms with Crippen molar-refractivity contribution < 1.29 is 28.6 Å². The molecule has 456 valence electrons. The quantitative estimate of drug-likeness (QED) is 0.0261. The van der Waals surface area contributed by atoms with Gasteiger partial charge in [0.2, 0.25) is 0 Å². The summed E-state index contributed by atoms with van der Waals surface area (Å²) >= 11 is 0. The van der Waals surface area contributed by atoms with Crippen molar-refractivity contribution in [2.45, 2.75) is 412 Å². The monoisotopic (exact) mass is 1090 g/mol. The third-order valence-corrected chi connectivity index (χ3v) is 16.3. The third-order valence-electron chi connectivity index (χ3n) is 16.3. The van der Waals surface area contributed by atoms with E-state index in [1.54, 1.807) is 0 Å². The Labute approximate surface area is 481 Å². The summed E-state index contributed by atoms with van der Waals surface area (Å²) in [5, 5.41) is 0. The minimum atomic E-state index is -0.769. The number of carbonyl (C=O) groups excluding carboxylic acids is 3. The molecular weight excluding hydrogens is 949 g/mol. The number of rotatable bonds is 66. The maximum absolute atomic E-state index is 12.9. The van der Waals surface area contributed by atoms with E-state index in [0.717, 1.165) is 70.6 Å². The van der Waals surface area contributed by atoms with Crippen LogP contribution in [0.4, 0.5) is 0 Å². The Morgan fingerprint density at radius 2 is 0.455 bits per heavy atom. The summed E-state index contributed by atoms with van der Waals surface area (Å²) in [5.74, 6) is -0.844. The molecule has 0 spiro atoms. The first-order valence-electron chi connectivity index (χ1n) is 35.2. The molecule has 0 saturated heterocycles. The third kappa shape index (κ3) is 64.9. The van der Waals surface area contributed by atoms with E-state index in [4.69, 9.17) is 14.2 Å². The first kappa shape index (κ1) is 75.2. The van der Waals surface area contributed by atoms with Crippen molar-refractivity contribution in [2.75, 3.05) is 13.2 Å². The summed E-state index contributed by atoms with van der Waals surface area (Å²) in [6.45, 7) is 6.66. The van der Waals surface area contributed by atoms with Gasteiger partial charge in [-0.05, 0) is 38.5 Å². The molecule has 1 unspecified atom stereocenters. The molecule has 6 nitrogen and oxygen atoms in total. The number of unbranched alkanes of at least 4 members (excludes halogenated alkanes) is 53. The number of allylic oxidation sites excluding steroid dienone is 2. The molecule has 0 aromatic carbocycles. The van der Waals surface area contributed by atoms with Crippen molar-refractivity contribution in [3.63, 3.8) is 0 Å². The molecular formula is C71H136O6. The average molecular weight is 1090 g/mol. The second kappa shape index (κ2) is 66.7. The Hall–Kier alpha value is -1.85. The number of ether oxygens (including phenoxy) is 3. The Morgan fingerprint density at radius 1 is 0.247 bits per heavy atom. The van der Waals surface area contributed by atoms with Crippen molar-refractivity contribution >= 4 is 17.9 Å². The van der Waals surface area contributed by atoms with Crippen LogP contribution in [-0.2, 0) is 28.6 Å². The van der Waals surface area contributed by atoms with Crippen LogP contribution in [0.2, 0.25) is 0 Å². The van der Waals surface area contributed by atoms with Gasteiger partial charge in [0.05, 0.1) is 0 Å². The lowest BCUT2D eigenvalue weighted by Gasteiger charge is -2.18. The highest BCUT2D eigenvalue weighted by Gasteiger charge is 2.19. The number of carbonyl (C=O) groups is 3. The molecule has 0 fully saturated rings. The van der Waals surface area contributed by atoms with Gasteiger partial charge in [-0.3, -0.25) is 14.4 Å². The summed E-state index contributed by atoms with van der Waals surface area (Å²) in [5.41, 5.74) is 0. The maximum Gasteiger partial charge on any atom is 0.306 e. The first-order chi connectivity index (χ1) is 38.0. The van der Waals surface area contributed by atoms with E-state index in [-0.39, 0.29) is 31.1 Å². The highest BCUT2D eigenvalue weighted by molar-refractivity contribution is 5.71. The van der Waals surface area contributed by atoms with Crippen molar-refractivity contribution in [1.82, 2.24) is 0 Å². The fourth-order valence-corrected chi connectivity index (χ4v) is 11.0. The van der Waals surface area contributed by atoms with Gasteiger partial charge in [-0.1, -0.05) is 360 Å². The lowest BCUT2D eigenvalue weighted by molar-refractivity contribution is -0.167. The number of esters is 3. The minimum Gasteiger partial charge on any atom is -0.462 e. The van der Waals surface area contributed by atoms with Gasteiger partial charge in [0.1, 0.15) is 13.2 Å². The predicted octanol–water partition coefficient (Wildman–Crippen LogP) is 24.0. The number of hydrogen-bond acceptors (Lipinski definition) is 6. The van der Waals surface area contributed by atoms with E-state index in [0.29, 0.717) is 19.3 Å². The van der Waals surface area contributed by atoms with Crippen LogP contribution in [0.1, 0.15) is 406 Å². The molecule has 0 radical (unpaired) electrons. The second-order valence-electron chi connectivity index (χ2n) is 24.2. The van der Waals surface area contributed by atoms with Crippen LogP contribution in [-0.4, -0.2) is 37.2 Å². The largest absolute Gasteiger partial charge is 0.462 e. The molecule has 0 aromatic rings. The van der Waals surface area contributed by atoms with Gasteiger partial charge in [0, 0.05) is 19.3 Å². The molecule has 77 heavy (non-hydrogen) atoms. The van der Waals surface area contributed by atoms with Gasteiger partial charge in [-0.2, -0.15) is 0 Å². The summed E-state index contributed by atoms with van der Waals surface area (Å²) in [6.07, 6.45) is 79.8. The van der Waals surface area contributed by atoms with E-state index in [1.807, 2.05) is 0 Å². The Morgan fingerprint density at radius 3 is 0.701 bits per heavy atom. The number of hydrogen-bond donors (Lipinski definition) is 0. The highest BCUT2D eigenvalue weighted by atomic mass is 16.6. The fraction of sp³-hybridized carbons (Fsp3) is 0.930. The molecule has 0 aromatic heterocycles. The van der Waals surface area contributed by atoms with Crippen LogP contribution in [0.15, 0.2) is 12.2 Å². The van der Waals surface area contributed by atoms with Crippen molar-refractivity contribution in [3.8, 4) is 0 Å². The molecule has 0 saturated carbocycles. The van der Waals surface area contributed by atoms with Crippen molar-refractivity contribution in [3.05, 3.63) is 12.2 Å². The predicted molar refractivity (Wildman–Crippen MR) is 335 cm³/mol. The van der Waals surface area contributed by atoms with E-state index in [1.165, 1.54) is 295 Å². The van der Waals surface area contributed by atoms with Gasteiger partial charge in [0.15, 0.2) is 6.10 Å². The average Bonchev–Trinajstić information content (AvgIpc) is 3.43. The van der Waals surface area contributed by atoms with E-state index < -0.39 is 6.10 Å². The minimum absolute atomic E-state index is 0.0661. The Bertz CT molecular complexity index is 1200. The second-order valence-corrected chi connectivity index (χ2v) is 24.2. The molecule has 0 aliphatic rings. The molecule has 0 heterocycles. The summed E-state index contributed by atoms with van der Waals surface area (Å²) in [4.78, 5) is 38.3. The zero-order chi connectivity index (χ0) is 55.7. The first-order valence-corrected chi connectivity index (χ1v) is 35.2. The molecule has 0 N–H and O–H groups in total. The smallest absolute Gasteiger partial charge is 0.306 e. The van der Waals surface area contributed by atoms with E-state index in [2.05, 4.69) is 32.9 Å². The summed E-state index contributed by atoms with van der Waals surface area (Å²) < 4.78 is 16.9. The Balaban J connectivity index is 4.10. The topological polar surface area (TPSA) is 78.9 Å². The SMILES string of the molecule is CCC/C=C\CCCCCCCC(=O)OCC(COC(=O)CCCCCCCCCCCCCCCCCCCCCCCCCCCCC)OC(=O)CCCCCCCCCCCCCCCCCCCCCCCC. The zero-order valence-corrected chi connectivity index (χ0v) is 52.5. The molecule has 0 aliphatic carbocycles. The fourth-order valence-electron chi connectivity index (χ4n) is 11.0. The lowest BCUT2D eigenvalue weighted by Crippen LogP contribution is -2.30. The lowest BCUT2D eigenvalue weighted by atomic mass is 10.0. The molecule has 0 bridgehead atoms. The van der Waals surface area contributed by atoms with Crippen LogP contribution < -0.4 is 0 Å². The highest BCUT2D eigenvalue weighted by Crippen LogP contribution is 2.19. The van der Waals surface area contributed by atoms with Gasteiger partial charge >= 0.3 is 17.9 Å². The molecule has 0 rings (SSSR count). The molecule has 0 amide bonds. The molecule has 1 atom stereocenters. The van der Waals surface area contributed by atoms with Crippen LogP contribution >= 0.6 is 0 Å². The normalized spacial score (nSPS) is 12.0. The molecule has 6 heteroatoms. The maximum atomic E-state index is 12.9. The van der Waals surface area contributed by atoms with E-state index >= 15 is 0 Å². The summed E-state index contributed by atoms with van der Waals surface area (Å²) in [7, 11) is 0. The van der Waals surface area contributed by atoms with Crippen LogP contribution in [0, 0.1) is 0 Å². The van der Waals surface area contributed by atoms with Gasteiger partial charge in [-0.15, -0.1) is 0 Å². The van der Waals surface area contributed by atoms with Crippen LogP contribution in [0.25, 0.3) is 0 Å². The van der Waals surface area contributed by atoms with Crippen LogP contribution in [0.3, 0.4) is 0 Å². The van der Waals surface area contributed by atoms with E-state index in [9.17, 15) is 14.4 Å².